The highest BCUT2D eigenvalue weighted by atomic mass is 16.6. The molecule has 4 heteroatoms. The van der Waals surface area contributed by atoms with Crippen LogP contribution in [-0.4, -0.2) is 25.4 Å². The van der Waals surface area contributed by atoms with Gasteiger partial charge in [-0.05, 0) is 11.8 Å². The quantitative estimate of drug-likeness (QED) is 0.519. The molecule has 1 unspecified atom stereocenters. The molecular weight excluding hydrogens is 182 g/mol. The predicted octanol–water partition coefficient (Wildman–Crippen LogP) is 1.14. The van der Waals surface area contributed by atoms with Gasteiger partial charge in [0, 0.05) is 0 Å². The van der Waals surface area contributed by atoms with Crippen LogP contribution in [0.2, 0.25) is 0 Å². The first-order valence-electron chi connectivity index (χ1n) is 4.97. The van der Waals surface area contributed by atoms with E-state index in [0.717, 1.165) is 0 Å². The molecule has 0 aliphatic carbocycles. The van der Waals surface area contributed by atoms with E-state index < -0.39 is 12.2 Å². The van der Waals surface area contributed by atoms with Crippen LogP contribution < -0.4 is 5.73 Å². The highest BCUT2D eigenvalue weighted by molar-refractivity contribution is 5.73. The third-order valence-electron chi connectivity index (χ3n) is 1.40. The smallest absolute Gasteiger partial charge is 0.350 e. The fourth-order valence-electron chi connectivity index (χ4n) is 0.695. The predicted molar refractivity (Wildman–Crippen MR) is 54.6 cm³/mol. The maximum absolute atomic E-state index is 11.2. The van der Waals surface area contributed by atoms with E-state index >= 15 is 0 Å². The van der Waals surface area contributed by atoms with Crippen LogP contribution in [0.5, 0.6) is 0 Å². The summed E-state index contributed by atoms with van der Waals surface area (Å²) in [5.41, 5.74) is 5.45. The van der Waals surface area contributed by atoms with Crippen LogP contribution in [0.15, 0.2) is 0 Å². The molecule has 0 spiro atoms. The summed E-state index contributed by atoms with van der Waals surface area (Å²) in [5.74, 6) is 0.189. The molecule has 0 bridgehead atoms. The Morgan fingerprint density at radius 2 is 1.64 bits per heavy atom. The molecular formula is C10H21NO3. The molecule has 0 rings (SSSR count). The van der Waals surface area contributed by atoms with Crippen molar-refractivity contribution < 1.29 is 14.3 Å². The van der Waals surface area contributed by atoms with Crippen LogP contribution in [0.1, 0.15) is 27.7 Å². The Kier molecular flexibility index (Phi) is 6.49. The van der Waals surface area contributed by atoms with Crippen molar-refractivity contribution >= 4 is 5.97 Å². The van der Waals surface area contributed by atoms with Crippen molar-refractivity contribution in [3.63, 3.8) is 0 Å². The maximum Gasteiger partial charge on any atom is 0.350 e. The lowest BCUT2D eigenvalue weighted by molar-refractivity contribution is -0.158. The average Bonchev–Trinajstić information content (AvgIpc) is 2.09. The Bertz CT molecular complexity index is 169. The number of ether oxygens (including phenoxy) is 2. The van der Waals surface area contributed by atoms with Crippen LogP contribution in [0, 0.1) is 11.8 Å². The molecule has 1 atom stereocenters. The molecule has 0 aliphatic rings. The van der Waals surface area contributed by atoms with E-state index in [1.54, 1.807) is 0 Å². The third-order valence-corrected chi connectivity index (χ3v) is 1.40. The molecule has 84 valence electrons. The summed E-state index contributed by atoms with van der Waals surface area (Å²) in [7, 11) is 0. The molecule has 4 nitrogen and oxygen atoms in total. The van der Waals surface area contributed by atoms with E-state index in [2.05, 4.69) is 0 Å². The zero-order valence-corrected chi connectivity index (χ0v) is 9.45. The SMILES string of the molecule is CC(C)COC(=O)C(N)OCC(C)C. The summed E-state index contributed by atoms with van der Waals surface area (Å²) in [5, 5.41) is 0. The van der Waals surface area contributed by atoms with Gasteiger partial charge in [0.15, 0.2) is 0 Å². The monoisotopic (exact) mass is 203 g/mol. The Morgan fingerprint density at radius 3 is 2.07 bits per heavy atom. The van der Waals surface area contributed by atoms with Crippen LogP contribution in [0.3, 0.4) is 0 Å². The molecule has 0 radical (unpaired) electrons. The molecule has 0 aromatic heterocycles. The third kappa shape index (κ3) is 6.86. The van der Waals surface area contributed by atoms with Gasteiger partial charge in [0.25, 0.3) is 0 Å². The van der Waals surface area contributed by atoms with Gasteiger partial charge in [-0.2, -0.15) is 0 Å². The first-order valence-corrected chi connectivity index (χ1v) is 4.97. The Hall–Kier alpha value is -0.610. The molecule has 0 saturated heterocycles. The number of nitrogens with two attached hydrogens (primary N) is 1. The van der Waals surface area contributed by atoms with Gasteiger partial charge in [0.2, 0.25) is 6.23 Å². The summed E-state index contributed by atoms with van der Waals surface area (Å²) >= 11 is 0. The van der Waals surface area contributed by atoms with Gasteiger partial charge in [-0.15, -0.1) is 0 Å². The maximum atomic E-state index is 11.2. The zero-order valence-electron chi connectivity index (χ0n) is 9.45. The fourth-order valence-corrected chi connectivity index (χ4v) is 0.695. The number of hydrogen-bond acceptors (Lipinski definition) is 4. The molecule has 0 heterocycles. The lowest BCUT2D eigenvalue weighted by Crippen LogP contribution is -2.36. The summed E-state index contributed by atoms with van der Waals surface area (Å²) in [6.45, 7) is 8.77. The van der Waals surface area contributed by atoms with Crippen LogP contribution in [0.25, 0.3) is 0 Å². The molecule has 0 aliphatic heterocycles. The van der Waals surface area contributed by atoms with E-state index in [-0.39, 0.29) is 0 Å². The lowest BCUT2D eigenvalue weighted by atomic mass is 10.2. The van der Waals surface area contributed by atoms with Gasteiger partial charge in [-0.3, -0.25) is 5.73 Å². The molecule has 0 amide bonds. The Labute approximate surface area is 85.8 Å². The van der Waals surface area contributed by atoms with Crippen molar-refractivity contribution in [2.24, 2.45) is 17.6 Å². The lowest BCUT2D eigenvalue weighted by Gasteiger charge is -2.14. The van der Waals surface area contributed by atoms with Crippen LogP contribution >= 0.6 is 0 Å². The van der Waals surface area contributed by atoms with E-state index in [0.29, 0.717) is 25.0 Å². The van der Waals surface area contributed by atoms with Crippen molar-refractivity contribution in [1.29, 1.82) is 0 Å². The van der Waals surface area contributed by atoms with Gasteiger partial charge >= 0.3 is 5.97 Å². The van der Waals surface area contributed by atoms with Crippen molar-refractivity contribution in [1.82, 2.24) is 0 Å². The largest absolute Gasteiger partial charge is 0.462 e. The number of carbonyl (C=O) groups excluding carboxylic acids is 1. The Balaban J connectivity index is 3.65. The van der Waals surface area contributed by atoms with Gasteiger partial charge in [0.05, 0.1) is 13.2 Å². The highest BCUT2D eigenvalue weighted by Crippen LogP contribution is 1.98. The second-order valence-electron chi connectivity index (χ2n) is 4.17. The molecule has 0 fully saturated rings. The van der Waals surface area contributed by atoms with Crippen molar-refractivity contribution in [3.05, 3.63) is 0 Å². The minimum atomic E-state index is -0.948. The summed E-state index contributed by atoms with van der Waals surface area (Å²) in [6, 6.07) is 0. The average molecular weight is 203 g/mol. The van der Waals surface area contributed by atoms with E-state index in [4.69, 9.17) is 15.2 Å². The number of rotatable bonds is 6. The fraction of sp³-hybridized carbons (Fsp3) is 0.900. The second kappa shape index (κ2) is 6.79. The molecule has 2 N–H and O–H groups in total. The highest BCUT2D eigenvalue weighted by Gasteiger charge is 2.16. The molecule has 0 aromatic rings. The van der Waals surface area contributed by atoms with E-state index in [1.807, 2.05) is 27.7 Å². The van der Waals surface area contributed by atoms with E-state index in [9.17, 15) is 4.79 Å². The van der Waals surface area contributed by atoms with Crippen LogP contribution in [0.4, 0.5) is 0 Å². The number of esters is 1. The first-order chi connectivity index (χ1) is 6.43. The van der Waals surface area contributed by atoms with Gasteiger partial charge in [-0.1, -0.05) is 27.7 Å². The van der Waals surface area contributed by atoms with Crippen molar-refractivity contribution in [2.45, 2.75) is 33.9 Å². The van der Waals surface area contributed by atoms with Gasteiger partial charge in [0.1, 0.15) is 0 Å². The summed E-state index contributed by atoms with van der Waals surface area (Å²) in [6.07, 6.45) is -0.948. The minimum absolute atomic E-state index is 0.316. The molecule has 0 saturated carbocycles. The number of carbonyl (C=O) groups is 1. The molecule has 0 aromatic carbocycles. The topological polar surface area (TPSA) is 61.5 Å². The van der Waals surface area contributed by atoms with Crippen LogP contribution in [-0.2, 0) is 14.3 Å². The van der Waals surface area contributed by atoms with Crippen molar-refractivity contribution in [2.75, 3.05) is 13.2 Å². The van der Waals surface area contributed by atoms with E-state index in [1.165, 1.54) is 0 Å². The first kappa shape index (κ1) is 13.4. The second-order valence-corrected chi connectivity index (χ2v) is 4.17. The standard InChI is InChI=1S/C10H21NO3/c1-7(2)5-13-9(11)10(12)14-6-8(3)4/h7-9H,5-6,11H2,1-4H3. The van der Waals surface area contributed by atoms with Gasteiger partial charge < -0.3 is 9.47 Å². The molecule has 14 heavy (non-hydrogen) atoms. The summed E-state index contributed by atoms with van der Waals surface area (Å²) in [4.78, 5) is 11.2. The van der Waals surface area contributed by atoms with Crippen molar-refractivity contribution in [3.8, 4) is 0 Å². The number of hydrogen-bond donors (Lipinski definition) is 1. The van der Waals surface area contributed by atoms with Gasteiger partial charge in [-0.25, -0.2) is 4.79 Å². The summed E-state index contributed by atoms with van der Waals surface area (Å²) < 4.78 is 10.0. The minimum Gasteiger partial charge on any atom is -0.462 e. The Morgan fingerprint density at radius 1 is 1.14 bits per heavy atom. The normalized spacial score (nSPS) is 13.4. The zero-order chi connectivity index (χ0) is 11.1.